The van der Waals surface area contributed by atoms with Crippen LogP contribution in [0, 0.1) is 0 Å². The highest BCUT2D eigenvalue weighted by molar-refractivity contribution is 7.09. The van der Waals surface area contributed by atoms with Gasteiger partial charge in [-0.3, -0.25) is 4.79 Å². The molecule has 0 unspecified atom stereocenters. The standard InChI is InChI=1S/C23H25ClN2O3S/c1-3-16(2)26(23(28)17-7-5-4-6-8-17)12-18-11-19(24)9-10-21(18)29-14-22-25-20(13-27)15-30-22/h4-11,15-16,27H,3,12-14H2,1-2H3/t16-/m0/s1. The van der Waals surface area contributed by atoms with E-state index >= 15 is 0 Å². The number of carbonyl (C=O) groups excluding carboxylic acids is 1. The lowest BCUT2D eigenvalue weighted by Gasteiger charge is -2.29. The van der Waals surface area contributed by atoms with Crippen LogP contribution in [0.2, 0.25) is 5.02 Å². The Kier molecular flexibility index (Phi) is 7.85. The van der Waals surface area contributed by atoms with Crippen LogP contribution in [0.1, 0.15) is 46.9 Å². The van der Waals surface area contributed by atoms with Gasteiger partial charge in [-0.15, -0.1) is 11.3 Å². The zero-order valence-electron chi connectivity index (χ0n) is 17.0. The van der Waals surface area contributed by atoms with E-state index in [4.69, 9.17) is 16.3 Å². The smallest absolute Gasteiger partial charge is 0.254 e. The van der Waals surface area contributed by atoms with E-state index in [2.05, 4.69) is 11.9 Å². The Hall–Kier alpha value is -2.41. The molecule has 158 valence electrons. The number of rotatable bonds is 9. The number of aliphatic hydroxyl groups excluding tert-OH is 1. The van der Waals surface area contributed by atoms with E-state index in [1.807, 2.05) is 59.7 Å². The second-order valence-electron chi connectivity index (χ2n) is 6.99. The third-order valence-electron chi connectivity index (χ3n) is 4.88. The lowest BCUT2D eigenvalue weighted by Crippen LogP contribution is -2.37. The molecule has 1 heterocycles. The number of nitrogens with zero attached hydrogens (tertiary/aromatic N) is 2. The van der Waals surface area contributed by atoms with Gasteiger partial charge in [-0.25, -0.2) is 4.98 Å². The van der Waals surface area contributed by atoms with Crippen molar-refractivity contribution in [2.45, 2.75) is 46.1 Å². The number of amides is 1. The lowest BCUT2D eigenvalue weighted by molar-refractivity contribution is 0.0669. The number of hydrogen-bond acceptors (Lipinski definition) is 5. The molecule has 0 fully saturated rings. The van der Waals surface area contributed by atoms with Crippen LogP contribution in [0.15, 0.2) is 53.9 Å². The van der Waals surface area contributed by atoms with Gasteiger partial charge >= 0.3 is 0 Å². The quantitative estimate of drug-likeness (QED) is 0.485. The summed E-state index contributed by atoms with van der Waals surface area (Å²) in [5, 5.41) is 12.4. The number of thiazole rings is 1. The van der Waals surface area contributed by atoms with E-state index < -0.39 is 0 Å². The zero-order chi connectivity index (χ0) is 21.5. The van der Waals surface area contributed by atoms with Crippen LogP contribution in [0.5, 0.6) is 5.75 Å². The number of hydrogen-bond donors (Lipinski definition) is 1. The first-order valence-electron chi connectivity index (χ1n) is 9.83. The first-order valence-corrected chi connectivity index (χ1v) is 11.1. The Morgan fingerprint density at radius 1 is 1.27 bits per heavy atom. The predicted octanol–water partition coefficient (Wildman–Crippen LogP) is 5.31. The third kappa shape index (κ3) is 5.59. The number of ether oxygens (including phenoxy) is 1. The van der Waals surface area contributed by atoms with Crippen molar-refractivity contribution in [3.05, 3.63) is 80.8 Å². The number of halogens is 1. The lowest BCUT2D eigenvalue weighted by atomic mass is 10.1. The molecule has 3 aromatic rings. The SMILES string of the molecule is CC[C@H](C)N(Cc1cc(Cl)ccc1OCc1nc(CO)cs1)C(=O)c1ccccc1. The van der Waals surface area contributed by atoms with Crippen molar-refractivity contribution < 1.29 is 14.6 Å². The summed E-state index contributed by atoms with van der Waals surface area (Å²) in [6.07, 6.45) is 0.832. The van der Waals surface area contributed by atoms with Gasteiger partial charge in [-0.1, -0.05) is 36.7 Å². The molecule has 1 aromatic heterocycles. The first-order chi connectivity index (χ1) is 14.5. The molecule has 1 N–H and O–H groups in total. The fraction of sp³-hybridized carbons (Fsp3) is 0.304. The molecule has 0 spiro atoms. The van der Waals surface area contributed by atoms with Crippen LogP contribution in [-0.2, 0) is 19.8 Å². The fourth-order valence-corrected chi connectivity index (χ4v) is 3.91. The minimum atomic E-state index is -0.0891. The van der Waals surface area contributed by atoms with Crippen molar-refractivity contribution in [2.75, 3.05) is 0 Å². The summed E-state index contributed by atoms with van der Waals surface area (Å²) < 4.78 is 6.01. The Balaban J connectivity index is 1.83. The van der Waals surface area contributed by atoms with Crippen LogP contribution in [-0.4, -0.2) is 26.9 Å². The van der Waals surface area contributed by atoms with Crippen LogP contribution >= 0.6 is 22.9 Å². The Morgan fingerprint density at radius 2 is 2.03 bits per heavy atom. The fourth-order valence-electron chi connectivity index (χ4n) is 3.02. The summed E-state index contributed by atoms with van der Waals surface area (Å²) in [6.45, 7) is 4.69. The normalized spacial score (nSPS) is 11.9. The molecule has 2 aromatic carbocycles. The van der Waals surface area contributed by atoms with Gasteiger partial charge < -0.3 is 14.7 Å². The molecular formula is C23H25ClN2O3S. The number of carbonyl (C=O) groups is 1. The average molecular weight is 445 g/mol. The molecule has 0 saturated heterocycles. The average Bonchev–Trinajstić information content (AvgIpc) is 3.24. The van der Waals surface area contributed by atoms with E-state index in [1.54, 1.807) is 6.07 Å². The maximum Gasteiger partial charge on any atom is 0.254 e. The highest BCUT2D eigenvalue weighted by atomic mass is 35.5. The highest BCUT2D eigenvalue weighted by Crippen LogP contribution is 2.27. The Labute approximate surface area is 185 Å². The summed E-state index contributed by atoms with van der Waals surface area (Å²) in [4.78, 5) is 19.3. The molecule has 0 bridgehead atoms. The van der Waals surface area contributed by atoms with Crippen LogP contribution in [0.25, 0.3) is 0 Å². The van der Waals surface area contributed by atoms with E-state index in [0.29, 0.717) is 28.6 Å². The van der Waals surface area contributed by atoms with E-state index in [1.165, 1.54) is 11.3 Å². The minimum absolute atomic E-state index is 0.0246. The van der Waals surface area contributed by atoms with Crippen molar-refractivity contribution in [3.63, 3.8) is 0 Å². The monoisotopic (exact) mass is 444 g/mol. The number of aromatic nitrogens is 1. The predicted molar refractivity (Wildman–Crippen MR) is 120 cm³/mol. The van der Waals surface area contributed by atoms with Gasteiger partial charge in [0, 0.05) is 34.1 Å². The van der Waals surface area contributed by atoms with Gasteiger partial charge in [0.05, 0.1) is 12.3 Å². The largest absolute Gasteiger partial charge is 0.486 e. The van der Waals surface area contributed by atoms with E-state index in [9.17, 15) is 9.90 Å². The molecule has 30 heavy (non-hydrogen) atoms. The molecular weight excluding hydrogens is 420 g/mol. The summed E-state index contributed by atoms with van der Waals surface area (Å²) in [5.41, 5.74) is 2.12. The zero-order valence-corrected chi connectivity index (χ0v) is 18.6. The number of benzene rings is 2. The molecule has 0 saturated carbocycles. The first kappa shape index (κ1) is 22.3. The number of aliphatic hydroxyl groups is 1. The summed E-state index contributed by atoms with van der Waals surface area (Å²) >= 11 is 7.69. The molecule has 0 aliphatic carbocycles. The van der Waals surface area contributed by atoms with Gasteiger partial charge in [0.2, 0.25) is 0 Å². The molecule has 7 heteroatoms. The molecule has 5 nitrogen and oxygen atoms in total. The van der Waals surface area contributed by atoms with Gasteiger partial charge in [0.25, 0.3) is 5.91 Å². The van der Waals surface area contributed by atoms with Crippen molar-refractivity contribution >= 4 is 28.8 Å². The van der Waals surface area contributed by atoms with Crippen LogP contribution in [0.4, 0.5) is 0 Å². The van der Waals surface area contributed by atoms with Crippen LogP contribution in [0.3, 0.4) is 0 Å². The van der Waals surface area contributed by atoms with Gasteiger partial charge in [-0.05, 0) is 43.7 Å². The van der Waals surface area contributed by atoms with Gasteiger partial charge in [0.15, 0.2) is 0 Å². The Bertz CT molecular complexity index is 978. The van der Waals surface area contributed by atoms with Gasteiger partial charge in [0.1, 0.15) is 17.4 Å². The molecule has 0 aliphatic rings. The van der Waals surface area contributed by atoms with Crippen molar-refractivity contribution in [1.82, 2.24) is 9.88 Å². The van der Waals surface area contributed by atoms with E-state index in [-0.39, 0.29) is 25.2 Å². The second-order valence-corrected chi connectivity index (χ2v) is 8.37. The van der Waals surface area contributed by atoms with Crippen molar-refractivity contribution in [1.29, 1.82) is 0 Å². The summed E-state index contributed by atoms with van der Waals surface area (Å²) in [7, 11) is 0. The van der Waals surface area contributed by atoms with Gasteiger partial charge in [-0.2, -0.15) is 0 Å². The van der Waals surface area contributed by atoms with Crippen LogP contribution < -0.4 is 4.74 Å². The molecule has 1 amide bonds. The minimum Gasteiger partial charge on any atom is -0.486 e. The highest BCUT2D eigenvalue weighted by Gasteiger charge is 2.22. The summed E-state index contributed by atoms with van der Waals surface area (Å²) in [5.74, 6) is 0.637. The van der Waals surface area contributed by atoms with Crippen molar-refractivity contribution in [2.24, 2.45) is 0 Å². The second kappa shape index (κ2) is 10.6. The Morgan fingerprint density at radius 3 is 2.70 bits per heavy atom. The maximum atomic E-state index is 13.2. The molecule has 3 rings (SSSR count). The van der Waals surface area contributed by atoms with Crippen molar-refractivity contribution in [3.8, 4) is 5.75 Å². The maximum absolute atomic E-state index is 13.2. The molecule has 0 aliphatic heterocycles. The topological polar surface area (TPSA) is 62.7 Å². The molecule has 1 atom stereocenters. The van der Waals surface area contributed by atoms with E-state index in [0.717, 1.165) is 17.0 Å². The third-order valence-corrected chi connectivity index (χ3v) is 5.99. The summed E-state index contributed by atoms with van der Waals surface area (Å²) in [6, 6.07) is 14.8. The molecule has 0 radical (unpaired) electrons.